The summed E-state index contributed by atoms with van der Waals surface area (Å²) in [6.45, 7) is 3.90. The van der Waals surface area contributed by atoms with Crippen molar-refractivity contribution in [1.82, 2.24) is 9.55 Å². The molecule has 0 amide bonds. The molecule has 0 spiro atoms. The van der Waals surface area contributed by atoms with Gasteiger partial charge in [-0.3, -0.25) is 20.2 Å². The summed E-state index contributed by atoms with van der Waals surface area (Å²) in [7, 11) is 0. The molecule has 0 unspecified atom stereocenters. The zero-order valence-electron chi connectivity index (χ0n) is 11.3. The molecule has 2 aromatic rings. The maximum absolute atomic E-state index is 12.0. The Morgan fingerprint density at radius 2 is 2.10 bits per heavy atom. The number of nitrogens with one attached hydrogen (secondary N) is 3. The van der Waals surface area contributed by atoms with E-state index in [9.17, 15) is 4.79 Å². The SMILES string of the molecule is Cc1c(Br)ccc2c1[nH]c(=O)c(=N)n2C(=N)C1(C)CC1. The smallest absolute Gasteiger partial charge is 0.291 e. The normalized spacial score (nSPS) is 16.4. The Balaban J connectivity index is 2.44. The number of hydrogen-bond donors (Lipinski definition) is 3. The van der Waals surface area contributed by atoms with Gasteiger partial charge in [-0.05, 0) is 37.5 Å². The van der Waals surface area contributed by atoms with Gasteiger partial charge in [-0.25, -0.2) is 0 Å². The van der Waals surface area contributed by atoms with Crippen LogP contribution in [0.4, 0.5) is 0 Å². The molecule has 3 rings (SSSR count). The van der Waals surface area contributed by atoms with Gasteiger partial charge in [0.15, 0.2) is 5.49 Å². The zero-order chi connectivity index (χ0) is 14.7. The minimum Gasteiger partial charge on any atom is -0.317 e. The Labute approximate surface area is 123 Å². The number of H-pyrrole nitrogens is 1. The van der Waals surface area contributed by atoms with Crippen molar-refractivity contribution >= 4 is 32.8 Å². The number of aromatic nitrogens is 2. The van der Waals surface area contributed by atoms with Crippen molar-refractivity contribution in [1.29, 1.82) is 10.8 Å². The molecule has 1 aromatic heterocycles. The van der Waals surface area contributed by atoms with Gasteiger partial charge in [0, 0.05) is 9.89 Å². The Kier molecular flexibility index (Phi) is 2.76. The predicted octanol–water partition coefficient (Wildman–Crippen LogP) is 2.51. The monoisotopic (exact) mass is 334 g/mol. The third kappa shape index (κ3) is 1.78. The van der Waals surface area contributed by atoms with Crippen molar-refractivity contribution in [3.05, 3.63) is 38.0 Å². The van der Waals surface area contributed by atoms with E-state index >= 15 is 0 Å². The van der Waals surface area contributed by atoms with E-state index in [0.29, 0.717) is 16.9 Å². The van der Waals surface area contributed by atoms with E-state index in [1.807, 2.05) is 26.0 Å². The molecule has 20 heavy (non-hydrogen) atoms. The standard InChI is InChI=1S/C14H15BrN4O/c1-7-8(15)3-4-9-10(7)18-12(20)11(16)19(9)13(17)14(2)5-6-14/h3-4,16-17H,5-6H2,1-2H3,(H,18,20). The Morgan fingerprint density at radius 1 is 1.45 bits per heavy atom. The van der Waals surface area contributed by atoms with Crippen LogP contribution in [-0.2, 0) is 0 Å². The van der Waals surface area contributed by atoms with Crippen LogP contribution in [0.25, 0.3) is 11.0 Å². The molecule has 104 valence electrons. The molecule has 6 heteroatoms. The zero-order valence-corrected chi connectivity index (χ0v) is 12.9. The van der Waals surface area contributed by atoms with Gasteiger partial charge in [0.2, 0.25) is 0 Å². The first-order chi connectivity index (χ1) is 9.35. The molecule has 0 aliphatic heterocycles. The molecule has 0 bridgehead atoms. The van der Waals surface area contributed by atoms with E-state index in [2.05, 4.69) is 20.9 Å². The number of hydrogen-bond acceptors (Lipinski definition) is 3. The summed E-state index contributed by atoms with van der Waals surface area (Å²) >= 11 is 3.44. The number of aromatic amines is 1. The fourth-order valence-electron chi connectivity index (χ4n) is 2.34. The highest BCUT2D eigenvalue weighted by molar-refractivity contribution is 9.10. The number of aryl methyl sites for hydroxylation is 1. The first-order valence-corrected chi connectivity index (χ1v) is 7.22. The van der Waals surface area contributed by atoms with Crippen molar-refractivity contribution in [2.75, 3.05) is 0 Å². The Bertz CT molecular complexity index is 858. The van der Waals surface area contributed by atoms with Crippen LogP contribution < -0.4 is 11.0 Å². The highest BCUT2D eigenvalue weighted by Crippen LogP contribution is 2.46. The summed E-state index contributed by atoms with van der Waals surface area (Å²) in [4.78, 5) is 14.7. The van der Waals surface area contributed by atoms with Crippen LogP contribution in [0.3, 0.4) is 0 Å². The summed E-state index contributed by atoms with van der Waals surface area (Å²) in [6, 6.07) is 3.72. The summed E-state index contributed by atoms with van der Waals surface area (Å²) in [6.07, 6.45) is 1.87. The second-order valence-corrected chi connectivity index (χ2v) is 6.47. The third-order valence-corrected chi connectivity index (χ3v) is 4.95. The van der Waals surface area contributed by atoms with Gasteiger partial charge in [-0.15, -0.1) is 0 Å². The van der Waals surface area contributed by atoms with Crippen LogP contribution >= 0.6 is 15.9 Å². The van der Waals surface area contributed by atoms with Crippen molar-refractivity contribution in [2.24, 2.45) is 5.41 Å². The average Bonchev–Trinajstić information content (AvgIpc) is 3.15. The minimum atomic E-state index is -0.465. The van der Waals surface area contributed by atoms with Gasteiger partial charge in [0.1, 0.15) is 5.84 Å². The average molecular weight is 335 g/mol. The predicted molar refractivity (Wildman–Crippen MR) is 81.3 cm³/mol. The molecule has 1 heterocycles. The van der Waals surface area contributed by atoms with Crippen LogP contribution in [0.5, 0.6) is 0 Å². The summed E-state index contributed by atoms with van der Waals surface area (Å²) in [5, 5.41) is 16.4. The minimum absolute atomic E-state index is 0.183. The molecule has 1 fully saturated rings. The molecule has 0 atom stereocenters. The van der Waals surface area contributed by atoms with Gasteiger partial charge in [0.05, 0.1) is 11.0 Å². The summed E-state index contributed by atoms with van der Waals surface area (Å²) in [5.74, 6) is 0.334. The highest BCUT2D eigenvalue weighted by Gasteiger charge is 2.43. The lowest BCUT2D eigenvalue weighted by Gasteiger charge is -2.17. The number of nitrogens with zero attached hydrogens (tertiary/aromatic N) is 1. The van der Waals surface area contributed by atoms with E-state index in [-0.39, 0.29) is 10.9 Å². The van der Waals surface area contributed by atoms with E-state index < -0.39 is 5.56 Å². The van der Waals surface area contributed by atoms with Gasteiger partial charge in [-0.2, -0.15) is 0 Å². The van der Waals surface area contributed by atoms with Crippen molar-refractivity contribution in [3.63, 3.8) is 0 Å². The topological polar surface area (TPSA) is 85.5 Å². The molecule has 3 N–H and O–H groups in total. The van der Waals surface area contributed by atoms with Crippen LogP contribution in [0.15, 0.2) is 21.4 Å². The first kappa shape index (κ1) is 13.3. The second kappa shape index (κ2) is 4.15. The second-order valence-electron chi connectivity index (χ2n) is 5.61. The number of rotatable bonds is 1. The molecule has 1 aliphatic rings. The Hall–Kier alpha value is -1.69. The van der Waals surface area contributed by atoms with Crippen molar-refractivity contribution in [3.8, 4) is 0 Å². The molecule has 1 aliphatic carbocycles. The van der Waals surface area contributed by atoms with Gasteiger partial charge >= 0.3 is 0 Å². The Morgan fingerprint density at radius 3 is 2.70 bits per heavy atom. The summed E-state index contributed by atoms with van der Waals surface area (Å²) < 4.78 is 2.37. The lowest BCUT2D eigenvalue weighted by molar-refractivity contribution is 0.741. The molecule has 1 saturated carbocycles. The fourth-order valence-corrected chi connectivity index (χ4v) is 2.67. The quantitative estimate of drug-likeness (QED) is 0.543. The summed E-state index contributed by atoms with van der Waals surface area (Å²) in [5.41, 5.74) is 1.43. The molecule has 1 aromatic carbocycles. The lowest BCUT2D eigenvalue weighted by atomic mass is 10.1. The number of benzene rings is 1. The van der Waals surface area contributed by atoms with Gasteiger partial charge in [0.25, 0.3) is 5.56 Å². The number of fused-ring (bicyclic) bond motifs is 1. The first-order valence-electron chi connectivity index (χ1n) is 6.43. The molecular weight excluding hydrogens is 320 g/mol. The molecule has 0 saturated heterocycles. The molecule has 5 nitrogen and oxygen atoms in total. The maximum atomic E-state index is 12.0. The fraction of sp³-hybridized carbons (Fsp3) is 0.357. The third-order valence-electron chi connectivity index (χ3n) is 4.09. The van der Waals surface area contributed by atoms with E-state index in [1.54, 1.807) is 0 Å². The van der Waals surface area contributed by atoms with Crippen LogP contribution in [0.2, 0.25) is 0 Å². The van der Waals surface area contributed by atoms with E-state index in [4.69, 9.17) is 10.8 Å². The lowest BCUT2D eigenvalue weighted by Crippen LogP contribution is -2.42. The largest absolute Gasteiger partial charge is 0.317 e. The van der Waals surface area contributed by atoms with Crippen molar-refractivity contribution < 1.29 is 0 Å². The van der Waals surface area contributed by atoms with Gasteiger partial charge < -0.3 is 4.98 Å². The van der Waals surface area contributed by atoms with Crippen LogP contribution in [0.1, 0.15) is 25.3 Å². The maximum Gasteiger partial charge on any atom is 0.291 e. The number of halogens is 1. The highest BCUT2D eigenvalue weighted by atomic mass is 79.9. The van der Waals surface area contributed by atoms with Crippen LogP contribution in [-0.4, -0.2) is 15.4 Å². The van der Waals surface area contributed by atoms with E-state index in [1.165, 1.54) is 4.57 Å². The van der Waals surface area contributed by atoms with Crippen molar-refractivity contribution in [2.45, 2.75) is 26.7 Å². The van der Waals surface area contributed by atoms with E-state index in [0.717, 1.165) is 22.9 Å². The van der Waals surface area contributed by atoms with Crippen LogP contribution in [0, 0.1) is 23.2 Å². The molecular formula is C14H15BrN4O. The molecule has 0 radical (unpaired) electrons. The van der Waals surface area contributed by atoms with Gasteiger partial charge in [-0.1, -0.05) is 22.9 Å².